The van der Waals surface area contributed by atoms with Gasteiger partial charge in [-0.3, -0.25) is 0 Å². The summed E-state index contributed by atoms with van der Waals surface area (Å²) in [6.07, 6.45) is 2.54. The van der Waals surface area contributed by atoms with Gasteiger partial charge in [0.25, 0.3) is 0 Å². The Balaban J connectivity index is 3.14. The Kier molecular flexibility index (Phi) is 1.67. The molecule has 1 aromatic rings. The molecular weight excluding hydrogens is 134 g/mol. The molecule has 0 bridgehead atoms. The van der Waals surface area contributed by atoms with Crippen molar-refractivity contribution in [3.8, 4) is 0 Å². The van der Waals surface area contributed by atoms with E-state index >= 15 is 0 Å². The normalized spacial score (nSPS) is 8.40. The predicted octanol–water partition coefficient (Wildman–Crippen LogP) is -0.579. The van der Waals surface area contributed by atoms with Gasteiger partial charge in [-0.2, -0.15) is 4.99 Å². The molecule has 0 aliphatic rings. The van der Waals surface area contributed by atoms with Crippen LogP contribution >= 0.6 is 0 Å². The maximum absolute atomic E-state index is 9.70. The van der Waals surface area contributed by atoms with Gasteiger partial charge < -0.3 is 5.73 Å². The molecule has 0 aromatic carbocycles. The Bertz CT molecular complexity index is 279. The first kappa shape index (κ1) is 6.31. The lowest BCUT2D eigenvalue weighted by atomic mass is 10.5. The Labute approximate surface area is 55.8 Å². The highest BCUT2D eigenvalue weighted by atomic mass is 16.1. The van der Waals surface area contributed by atoms with Crippen LogP contribution in [0.15, 0.2) is 11.2 Å². The highest BCUT2D eigenvalue weighted by Crippen LogP contribution is 2.13. The summed E-state index contributed by atoms with van der Waals surface area (Å²) in [6.45, 7) is 0. The van der Waals surface area contributed by atoms with Gasteiger partial charge in [0, 0.05) is 0 Å². The minimum atomic E-state index is 0.0679. The molecule has 0 amide bonds. The van der Waals surface area contributed by atoms with Gasteiger partial charge in [0.1, 0.15) is 5.69 Å². The number of nitrogens with two attached hydrogens (primary N) is 1. The van der Waals surface area contributed by atoms with Crippen LogP contribution in [-0.4, -0.2) is 21.5 Å². The number of anilines is 1. The number of nitrogens with zero attached hydrogens (tertiary/aromatic N) is 4. The summed E-state index contributed by atoms with van der Waals surface area (Å²) >= 11 is 0. The largest absolute Gasteiger partial charge is 0.380 e. The fourth-order valence-corrected chi connectivity index (χ4v) is 0.407. The van der Waals surface area contributed by atoms with Crippen LogP contribution in [0.3, 0.4) is 0 Å². The Hall–Kier alpha value is -1.81. The van der Waals surface area contributed by atoms with Crippen LogP contribution in [-0.2, 0) is 4.79 Å². The van der Waals surface area contributed by atoms with Crippen LogP contribution < -0.4 is 5.73 Å². The van der Waals surface area contributed by atoms with Crippen LogP contribution in [0.1, 0.15) is 0 Å². The number of aliphatic imine (C=N–C) groups is 1. The van der Waals surface area contributed by atoms with Crippen molar-refractivity contribution in [2.24, 2.45) is 4.99 Å². The third-order valence-electron chi connectivity index (χ3n) is 0.813. The van der Waals surface area contributed by atoms with Gasteiger partial charge in [0.2, 0.25) is 6.08 Å². The van der Waals surface area contributed by atoms with E-state index < -0.39 is 0 Å². The van der Waals surface area contributed by atoms with Crippen molar-refractivity contribution in [2.75, 3.05) is 5.73 Å². The number of aromatic nitrogens is 3. The van der Waals surface area contributed by atoms with Crippen LogP contribution in [0.4, 0.5) is 11.5 Å². The summed E-state index contributed by atoms with van der Waals surface area (Å²) in [6, 6.07) is 0. The summed E-state index contributed by atoms with van der Waals surface area (Å²) in [5.41, 5.74) is 5.41. The molecule has 0 fully saturated rings. The summed E-state index contributed by atoms with van der Waals surface area (Å²) in [5, 5.41) is 9.90. The van der Waals surface area contributed by atoms with Crippen LogP contribution in [0.25, 0.3) is 0 Å². The molecule has 2 N–H and O–H groups in total. The lowest BCUT2D eigenvalue weighted by Crippen LogP contribution is -1.94. The summed E-state index contributed by atoms with van der Waals surface area (Å²) in [7, 11) is 0. The SMILES string of the molecule is Nc1nnncc1N=C=O. The fourth-order valence-electron chi connectivity index (χ4n) is 0.407. The lowest BCUT2D eigenvalue weighted by molar-refractivity contribution is 0.565. The zero-order valence-corrected chi connectivity index (χ0v) is 4.85. The van der Waals surface area contributed by atoms with Gasteiger partial charge in [-0.25, -0.2) is 4.79 Å². The monoisotopic (exact) mass is 137 g/mol. The molecule has 1 rings (SSSR count). The zero-order valence-electron chi connectivity index (χ0n) is 4.85. The van der Waals surface area contributed by atoms with Crippen molar-refractivity contribution in [1.29, 1.82) is 0 Å². The van der Waals surface area contributed by atoms with E-state index in [1.807, 2.05) is 0 Å². The minimum absolute atomic E-state index is 0.0679. The van der Waals surface area contributed by atoms with E-state index in [0.29, 0.717) is 0 Å². The van der Waals surface area contributed by atoms with Crippen molar-refractivity contribution in [3.05, 3.63) is 6.20 Å². The molecule has 6 heteroatoms. The number of nitrogen functional groups attached to an aromatic ring is 1. The molecule has 0 unspecified atom stereocenters. The highest BCUT2D eigenvalue weighted by molar-refractivity contribution is 5.59. The molecule has 1 heterocycles. The van der Waals surface area contributed by atoms with Crippen molar-refractivity contribution < 1.29 is 4.79 Å². The van der Waals surface area contributed by atoms with Crippen molar-refractivity contribution >= 4 is 17.6 Å². The standard InChI is InChI=1S/C4H3N5O/c5-4-3(6-2-10)1-7-9-8-4/h1H,(H2,5,7,8). The molecule has 50 valence electrons. The second kappa shape index (κ2) is 2.65. The fraction of sp³-hybridized carbons (Fsp3) is 0. The van der Waals surface area contributed by atoms with Gasteiger partial charge in [-0.15, -0.1) is 10.2 Å². The minimum Gasteiger partial charge on any atom is -0.380 e. The van der Waals surface area contributed by atoms with Gasteiger partial charge in [-0.05, 0) is 5.21 Å². The van der Waals surface area contributed by atoms with E-state index in [1.54, 1.807) is 0 Å². The van der Waals surface area contributed by atoms with E-state index in [4.69, 9.17) is 5.73 Å². The van der Waals surface area contributed by atoms with E-state index in [1.165, 1.54) is 12.3 Å². The topological polar surface area (TPSA) is 94.1 Å². The summed E-state index contributed by atoms with van der Waals surface area (Å²) in [4.78, 5) is 12.9. The molecule has 10 heavy (non-hydrogen) atoms. The zero-order chi connectivity index (χ0) is 7.40. The summed E-state index contributed by atoms with van der Waals surface area (Å²) in [5.74, 6) is 0.0679. The highest BCUT2D eigenvalue weighted by Gasteiger charge is 1.95. The van der Waals surface area contributed by atoms with Gasteiger partial charge in [-0.1, -0.05) is 0 Å². The molecule has 0 spiro atoms. The molecule has 0 saturated heterocycles. The molecule has 0 atom stereocenters. The van der Waals surface area contributed by atoms with E-state index in [2.05, 4.69) is 20.4 Å². The summed E-state index contributed by atoms with van der Waals surface area (Å²) < 4.78 is 0. The van der Waals surface area contributed by atoms with E-state index in [-0.39, 0.29) is 11.5 Å². The van der Waals surface area contributed by atoms with Crippen LogP contribution in [0.2, 0.25) is 0 Å². The third kappa shape index (κ3) is 1.12. The van der Waals surface area contributed by atoms with Crippen molar-refractivity contribution in [2.45, 2.75) is 0 Å². The molecule has 0 aliphatic carbocycles. The number of hydrogen-bond acceptors (Lipinski definition) is 6. The average molecular weight is 137 g/mol. The first-order valence-corrected chi connectivity index (χ1v) is 2.36. The number of rotatable bonds is 1. The van der Waals surface area contributed by atoms with Crippen LogP contribution in [0, 0.1) is 0 Å². The Morgan fingerprint density at radius 3 is 3.10 bits per heavy atom. The molecule has 0 aliphatic heterocycles. The number of carbonyl (C=O) groups excluding carboxylic acids is 1. The second-order valence-electron chi connectivity index (χ2n) is 1.41. The third-order valence-corrected chi connectivity index (χ3v) is 0.813. The second-order valence-corrected chi connectivity index (χ2v) is 1.41. The molecule has 6 nitrogen and oxygen atoms in total. The Morgan fingerprint density at radius 2 is 2.50 bits per heavy atom. The maximum Gasteiger partial charge on any atom is 0.240 e. The number of hydrogen-bond donors (Lipinski definition) is 1. The molecule has 0 saturated carbocycles. The lowest BCUT2D eigenvalue weighted by Gasteiger charge is -1.89. The number of isocyanates is 1. The van der Waals surface area contributed by atoms with Gasteiger partial charge >= 0.3 is 0 Å². The molecule has 0 radical (unpaired) electrons. The first-order chi connectivity index (χ1) is 4.84. The quantitative estimate of drug-likeness (QED) is 0.412. The van der Waals surface area contributed by atoms with E-state index in [9.17, 15) is 4.79 Å². The van der Waals surface area contributed by atoms with Crippen molar-refractivity contribution in [1.82, 2.24) is 15.4 Å². The van der Waals surface area contributed by atoms with Crippen molar-refractivity contribution in [3.63, 3.8) is 0 Å². The average Bonchev–Trinajstić information content (AvgIpc) is 1.94. The maximum atomic E-state index is 9.70. The Morgan fingerprint density at radius 1 is 1.70 bits per heavy atom. The van der Waals surface area contributed by atoms with Crippen LogP contribution in [0.5, 0.6) is 0 Å². The smallest absolute Gasteiger partial charge is 0.240 e. The first-order valence-electron chi connectivity index (χ1n) is 2.36. The van der Waals surface area contributed by atoms with Gasteiger partial charge in [0.15, 0.2) is 5.82 Å². The van der Waals surface area contributed by atoms with E-state index in [0.717, 1.165) is 0 Å². The van der Waals surface area contributed by atoms with Gasteiger partial charge in [0.05, 0.1) is 6.20 Å². The predicted molar refractivity (Wildman–Crippen MR) is 32.0 cm³/mol. The molecular formula is C4H3N5O. The molecule has 1 aromatic heterocycles.